The quantitative estimate of drug-likeness (QED) is 0.366. The van der Waals surface area contributed by atoms with Crippen LogP contribution in [0.2, 0.25) is 5.15 Å². The molecular weight excluding hydrogens is 504 g/mol. The first kappa shape index (κ1) is 27.9. The van der Waals surface area contributed by atoms with Crippen molar-refractivity contribution in [1.29, 1.82) is 0 Å². The van der Waals surface area contributed by atoms with Gasteiger partial charge in [-0.3, -0.25) is 9.97 Å². The van der Waals surface area contributed by atoms with Gasteiger partial charge in [-0.15, -0.1) is 0 Å². The molecule has 3 aromatic heterocycles. The van der Waals surface area contributed by atoms with E-state index < -0.39 is 5.41 Å². The summed E-state index contributed by atoms with van der Waals surface area (Å²) in [6, 6.07) is 0. The molecule has 0 aliphatic carbocycles. The SMILES string of the molecule is COc1c(C)cnc(CNc2nc(Cl)c3c(n2)N(Cc2ncc(C)c(OC)c2C)CC3C(C)(C)CO)c1C. The standard InChI is InChI=1S/C28H37ClN6O3/c1-15-9-30-20(17(3)23(15)37-7)11-32-27-33-25(29)22-19(28(5,6)14-36)12-35(26(22)34-27)13-21-18(4)24(38-8)16(2)10-31-21/h9-10,19,36H,11-14H2,1-8H3,(H,32,33,34). The normalized spacial score (nSPS) is 15.0. The van der Waals surface area contributed by atoms with Crippen molar-refractivity contribution < 1.29 is 14.6 Å². The maximum absolute atomic E-state index is 10.2. The van der Waals surface area contributed by atoms with Gasteiger partial charge in [0.2, 0.25) is 5.95 Å². The van der Waals surface area contributed by atoms with Crippen LogP contribution in [0.15, 0.2) is 12.4 Å². The van der Waals surface area contributed by atoms with E-state index in [-0.39, 0.29) is 12.5 Å². The largest absolute Gasteiger partial charge is 0.496 e. The maximum Gasteiger partial charge on any atom is 0.226 e. The highest BCUT2D eigenvalue weighted by Gasteiger charge is 2.42. The highest BCUT2D eigenvalue weighted by Crippen LogP contribution is 2.48. The smallest absolute Gasteiger partial charge is 0.226 e. The molecule has 204 valence electrons. The van der Waals surface area contributed by atoms with Crippen molar-refractivity contribution in [3.63, 3.8) is 0 Å². The third-order valence-corrected chi connectivity index (χ3v) is 7.82. The summed E-state index contributed by atoms with van der Waals surface area (Å²) in [5, 5.41) is 13.9. The minimum Gasteiger partial charge on any atom is -0.496 e. The Morgan fingerprint density at radius 2 is 1.58 bits per heavy atom. The molecule has 4 heterocycles. The number of aryl methyl sites for hydroxylation is 2. The number of aromatic nitrogens is 4. The fraction of sp³-hybridized carbons (Fsp3) is 0.500. The molecule has 38 heavy (non-hydrogen) atoms. The second-order valence-corrected chi connectivity index (χ2v) is 11.0. The van der Waals surface area contributed by atoms with Crippen LogP contribution in [0.1, 0.15) is 59.0 Å². The first-order valence-electron chi connectivity index (χ1n) is 12.7. The van der Waals surface area contributed by atoms with Gasteiger partial charge >= 0.3 is 0 Å². The maximum atomic E-state index is 10.2. The average Bonchev–Trinajstić information content (AvgIpc) is 3.25. The van der Waals surface area contributed by atoms with E-state index >= 15 is 0 Å². The zero-order valence-electron chi connectivity index (χ0n) is 23.4. The second-order valence-electron chi connectivity index (χ2n) is 10.6. The summed E-state index contributed by atoms with van der Waals surface area (Å²) in [6.07, 6.45) is 3.63. The van der Waals surface area contributed by atoms with Crippen LogP contribution in [0, 0.1) is 33.1 Å². The fourth-order valence-electron chi connectivity index (χ4n) is 5.16. The highest BCUT2D eigenvalue weighted by molar-refractivity contribution is 6.30. The molecule has 1 atom stereocenters. The summed E-state index contributed by atoms with van der Waals surface area (Å²) in [7, 11) is 3.34. The molecule has 0 amide bonds. The van der Waals surface area contributed by atoms with Crippen molar-refractivity contribution in [3.05, 3.63) is 56.8 Å². The number of pyridine rings is 2. The predicted octanol–water partition coefficient (Wildman–Crippen LogP) is 4.91. The van der Waals surface area contributed by atoms with Gasteiger partial charge in [0.15, 0.2) is 0 Å². The van der Waals surface area contributed by atoms with Crippen molar-refractivity contribution in [2.24, 2.45) is 5.41 Å². The minimum atomic E-state index is -0.418. The number of aliphatic hydroxyl groups is 1. The molecular formula is C28H37ClN6O3. The van der Waals surface area contributed by atoms with Gasteiger partial charge in [0, 0.05) is 59.3 Å². The molecule has 9 nitrogen and oxygen atoms in total. The molecule has 0 spiro atoms. The molecule has 2 N–H and O–H groups in total. The van der Waals surface area contributed by atoms with Crippen molar-refractivity contribution >= 4 is 23.4 Å². The van der Waals surface area contributed by atoms with Crippen molar-refractivity contribution in [2.45, 2.75) is 60.5 Å². The summed E-state index contributed by atoms with van der Waals surface area (Å²) >= 11 is 6.81. The molecule has 1 unspecified atom stereocenters. The number of hydrogen-bond donors (Lipinski definition) is 2. The van der Waals surface area contributed by atoms with E-state index in [4.69, 9.17) is 31.0 Å². The number of aliphatic hydroxyl groups excluding tert-OH is 1. The molecule has 1 aliphatic heterocycles. The van der Waals surface area contributed by atoms with Crippen LogP contribution in [-0.4, -0.2) is 52.4 Å². The molecule has 0 saturated carbocycles. The van der Waals surface area contributed by atoms with Crippen molar-refractivity contribution in [3.8, 4) is 11.5 Å². The highest BCUT2D eigenvalue weighted by atomic mass is 35.5. The molecule has 4 rings (SSSR count). The number of methoxy groups -OCH3 is 2. The van der Waals surface area contributed by atoms with Crippen LogP contribution < -0.4 is 19.7 Å². The summed E-state index contributed by atoms with van der Waals surface area (Å²) in [5.41, 5.74) is 6.10. The summed E-state index contributed by atoms with van der Waals surface area (Å²) < 4.78 is 11.2. The minimum absolute atomic E-state index is 0.0110. The topological polar surface area (TPSA) is 106 Å². The van der Waals surface area contributed by atoms with Gasteiger partial charge in [0.1, 0.15) is 22.5 Å². The first-order valence-corrected chi connectivity index (χ1v) is 13.0. The number of ether oxygens (including phenoxy) is 2. The lowest BCUT2D eigenvalue weighted by atomic mass is 9.77. The molecule has 1 aliphatic rings. The fourth-order valence-corrected chi connectivity index (χ4v) is 5.46. The Morgan fingerprint density at radius 3 is 2.16 bits per heavy atom. The zero-order valence-corrected chi connectivity index (χ0v) is 24.2. The van der Waals surface area contributed by atoms with Gasteiger partial charge in [-0.1, -0.05) is 25.4 Å². The van der Waals surface area contributed by atoms with E-state index in [0.717, 1.165) is 56.5 Å². The van der Waals surface area contributed by atoms with Gasteiger partial charge in [0.25, 0.3) is 0 Å². The van der Waals surface area contributed by atoms with Crippen LogP contribution in [0.3, 0.4) is 0 Å². The van der Waals surface area contributed by atoms with E-state index in [1.54, 1.807) is 20.4 Å². The van der Waals surface area contributed by atoms with Gasteiger partial charge in [0.05, 0.1) is 38.7 Å². The number of anilines is 2. The number of nitrogens with zero attached hydrogens (tertiary/aromatic N) is 5. The lowest BCUT2D eigenvalue weighted by Gasteiger charge is -2.30. The average molecular weight is 541 g/mol. The van der Waals surface area contributed by atoms with Crippen LogP contribution in [-0.2, 0) is 13.1 Å². The lowest BCUT2D eigenvalue weighted by Crippen LogP contribution is -2.31. The molecule has 0 aromatic carbocycles. The third kappa shape index (κ3) is 5.09. The van der Waals surface area contributed by atoms with Gasteiger partial charge < -0.3 is 24.8 Å². The van der Waals surface area contributed by atoms with E-state index in [1.165, 1.54) is 0 Å². The van der Waals surface area contributed by atoms with Crippen LogP contribution in [0.25, 0.3) is 0 Å². The van der Waals surface area contributed by atoms with Gasteiger partial charge in [-0.2, -0.15) is 4.98 Å². The summed E-state index contributed by atoms with van der Waals surface area (Å²) in [4.78, 5) is 20.9. The summed E-state index contributed by atoms with van der Waals surface area (Å²) in [5.74, 6) is 2.75. The summed E-state index contributed by atoms with van der Waals surface area (Å²) in [6.45, 7) is 13.6. The molecule has 3 aromatic rings. The Morgan fingerprint density at radius 1 is 1.00 bits per heavy atom. The van der Waals surface area contributed by atoms with Gasteiger partial charge in [-0.05, 0) is 33.1 Å². The Labute approximate surface area is 229 Å². The van der Waals surface area contributed by atoms with Crippen LogP contribution in [0.4, 0.5) is 11.8 Å². The van der Waals surface area contributed by atoms with Crippen molar-refractivity contribution in [1.82, 2.24) is 19.9 Å². The number of rotatable bonds is 9. The monoisotopic (exact) mass is 540 g/mol. The molecule has 0 bridgehead atoms. The molecule has 0 radical (unpaired) electrons. The number of nitrogens with one attached hydrogen (secondary N) is 1. The predicted molar refractivity (Wildman–Crippen MR) is 150 cm³/mol. The van der Waals surface area contributed by atoms with Crippen molar-refractivity contribution in [2.75, 3.05) is 37.6 Å². The Hall–Kier alpha value is -3.17. The molecule has 10 heteroatoms. The van der Waals surface area contributed by atoms with E-state index in [2.05, 4.69) is 20.2 Å². The van der Waals surface area contributed by atoms with E-state index in [1.807, 2.05) is 47.7 Å². The van der Waals surface area contributed by atoms with Crippen LogP contribution >= 0.6 is 11.6 Å². The Bertz CT molecular complexity index is 1350. The third-order valence-electron chi connectivity index (χ3n) is 7.53. The Balaban J connectivity index is 1.70. The lowest BCUT2D eigenvalue weighted by molar-refractivity contribution is 0.135. The second kappa shape index (κ2) is 10.9. The number of halogens is 1. The van der Waals surface area contributed by atoms with E-state index in [0.29, 0.717) is 30.7 Å². The van der Waals surface area contributed by atoms with Gasteiger partial charge in [-0.25, -0.2) is 4.98 Å². The Kier molecular flexibility index (Phi) is 7.99. The van der Waals surface area contributed by atoms with E-state index in [9.17, 15) is 5.11 Å². The number of fused-ring (bicyclic) bond motifs is 1. The van der Waals surface area contributed by atoms with Crippen LogP contribution in [0.5, 0.6) is 11.5 Å². The zero-order chi connectivity index (χ0) is 27.8. The molecule has 0 fully saturated rings. The molecule has 0 saturated heterocycles. The first-order chi connectivity index (χ1) is 18.0. The number of hydrogen-bond acceptors (Lipinski definition) is 9.